The van der Waals surface area contributed by atoms with Gasteiger partial charge in [-0.1, -0.05) is 45.0 Å². The second kappa shape index (κ2) is 6.17. The van der Waals surface area contributed by atoms with E-state index < -0.39 is 0 Å². The standard InChI is InChI=1S/C20H25N3/c1-14(20(2,3)4)23-13-15-5-7-16(8-6-15)17-9-11-21-19-18(17)10-12-22-19/h5-12,14,23H,13H2,1-4H3,(H,21,22)/t14-/m0/s1. The van der Waals surface area contributed by atoms with E-state index in [1.54, 1.807) is 0 Å². The van der Waals surface area contributed by atoms with Crippen molar-refractivity contribution in [3.63, 3.8) is 0 Å². The lowest BCUT2D eigenvalue weighted by Crippen LogP contribution is -2.37. The average molecular weight is 307 g/mol. The fourth-order valence-corrected chi connectivity index (χ4v) is 2.59. The maximum Gasteiger partial charge on any atom is 0.137 e. The fourth-order valence-electron chi connectivity index (χ4n) is 2.59. The number of rotatable bonds is 4. The van der Waals surface area contributed by atoms with Crippen molar-refractivity contribution in [1.82, 2.24) is 15.3 Å². The highest BCUT2D eigenvalue weighted by atomic mass is 14.9. The molecule has 0 bridgehead atoms. The third-order valence-electron chi connectivity index (χ3n) is 4.64. The molecule has 3 rings (SSSR count). The molecule has 0 saturated carbocycles. The second-order valence-corrected chi connectivity index (χ2v) is 7.26. The number of fused-ring (bicyclic) bond motifs is 1. The van der Waals surface area contributed by atoms with Gasteiger partial charge in [0, 0.05) is 30.4 Å². The first-order valence-electron chi connectivity index (χ1n) is 8.20. The predicted molar refractivity (Wildman–Crippen MR) is 97.3 cm³/mol. The molecular weight excluding hydrogens is 282 g/mol. The highest BCUT2D eigenvalue weighted by molar-refractivity contribution is 5.92. The first-order valence-corrected chi connectivity index (χ1v) is 8.20. The normalized spacial score (nSPS) is 13.4. The molecule has 0 fully saturated rings. The monoisotopic (exact) mass is 307 g/mol. The number of nitrogens with zero attached hydrogens (tertiary/aromatic N) is 1. The van der Waals surface area contributed by atoms with Crippen LogP contribution in [-0.2, 0) is 6.54 Å². The maximum absolute atomic E-state index is 4.35. The number of benzene rings is 1. The van der Waals surface area contributed by atoms with Gasteiger partial charge in [-0.05, 0) is 41.2 Å². The van der Waals surface area contributed by atoms with Gasteiger partial charge in [0.15, 0.2) is 0 Å². The molecule has 1 atom stereocenters. The molecule has 0 unspecified atom stereocenters. The van der Waals surface area contributed by atoms with Crippen molar-refractivity contribution < 1.29 is 0 Å². The third-order valence-corrected chi connectivity index (χ3v) is 4.64. The van der Waals surface area contributed by atoms with Crippen LogP contribution in [-0.4, -0.2) is 16.0 Å². The molecule has 0 aliphatic carbocycles. The number of aromatic nitrogens is 2. The van der Waals surface area contributed by atoms with E-state index in [1.807, 2.05) is 12.4 Å². The molecule has 23 heavy (non-hydrogen) atoms. The van der Waals surface area contributed by atoms with Crippen LogP contribution in [0.15, 0.2) is 48.8 Å². The summed E-state index contributed by atoms with van der Waals surface area (Å²) in [6.45, 7) is 9.93. The molecule has 1 aromatic carbocycles. The third kappa shape index (κ3) is 3.45. The van der Waals surface area contributed by atoms with Gasteiger partial charge in [0.25, 0.3) is 0 Å². The van der Waals surface area contributed by atoms with E-state index in [0.717, 1.165) is 12.2 Å². The Morgan fingerprint density at radius 3 is 2.52 bits per heavy atom. The number of pyridine rings is 1. The first-order chi connectivity index (χ1) is 10.9. The van der Waals surface area contributed by atoms with Gasteiger partial charge in [-0.15, -0.1) is 0 Å². The molecule has 3 aromatic rings. The Labute approximate surface area is 138 Å². The van der Waals surface area contributed by atoms with Gasteiger partial charge >= 0.3 is 0 Å². The van der Waals surface area contributed by atoms with Crippen LogP contribution < -0.4 is 5.32 Å². The minimum atomic E-state index is 0.275. The number of hydrogen-bond donors (Lipinski definition) is 2. The molecule has 0 radical (unpaired) electrons. The molecule has 120 valence electrons. The maximum atomic E-state index is 4.35. The Bertz CT molecular complexity index is 779. The van der Waals surface area contributed by atoms with Gasteiger partial charge in [0.2, 0.25) is 0 Å². The summed E-state index contributed by atoms with van der Waals surface area (Å²) < 4.78 is 0. The smallest absolute Gasteiger partial charge is 0.137 e. The summed E-state index contributed by atoms with van der Waals surface area (Å²) in [7, 11) is 0. The van der Waals surface area contributed by atoms with Crippen LogP contribution in [0, 0.1) is 5.41 Å². The van der Waals surface area contributed by atoms with Gasteiger partial charge < -0.3 is 10.3 Å². The van der Waals surface area contributed by atoms with E-state index in [1.165, 1.54) is 22.1 Å². The van der Waals surface area contributed by atoms with E-state index >= 15 is 0 Å². The van der Waals surface area contributed by atoms with Crippen LogP contribution in [0.25, 0.3) is 22.2 Å². The van der Waals surface area contributed by atoms with Crippen molar-refractivity contribution in [3.8, 4) is 11.1 Å². The summed E-state index contributed by atoms with van der Waals surface area (Å²) in [4.78, 5) is 7.52. The molecule has 0 spiro atoms. The summed E-state index contributed by atoms with van der Waals surface area (Å²) in [5.41, 5.74) is 4.97. The summed E-state index contributed by atoms with van der Waals surface area (Å²) >= 11 is 0. The van der Waals surface area contributed by atoms with E-state index in [0.29, 0.717) is 6.04 Å². The van der Waals surface area contributed by atoms with E-state index in [4.69, 9.17) is 0 Å². The van der Waals surface area contributed by atoms with Crippen molar-refractivity contribution >= 4 is 11.0 Å². The Kier molecular flexibility index (Phi) is 4.22. The molecule has 0 saturated heterocycles. The lowest BCUT2D eigenvalue weighted by molar-refractivity contribution is 0.285. The zero-order valence-corrected chi connectivity index (χ0v) is 14.4. The minimum absolute atomic E-state index is 0.275. The van der Waals surface area contributed by atoms with Crippen molar-refractivity contribution in [2.45, 2.75) is 40.3 Å². The molecule has 0 aliphatic heterocycles. The predicted octanol–water partition coefficient (Wildman–Crippen LogP) is 4.75. The van der Waals surface area contributed by atoms with Crippen molar-refractivity contribution in [2.75, 3.05) is 0 Å². The van der Waals surface area contributed by atoms with Crippen LogP contribution in [0.3, 0.4) is 0 Å². The van der Waals surface area contributed by atoms with Gasteiger partial charge in [-0.3, -0.25) is 0 Å². The van der Waals surface area contributed by atoms with Crippen LogP contribution in [0.4, 0.5) is 0 Å². The van der Waals surface area contributed by atoms with Crippen molar-refractivity contribution in [2.24, 2.45) is 5.41 Å². The van der Waals surface area contributed by atoms with E-state index in [-0.39, 0.29) is 5.41 Å². The van der Waals surface area contributed by atoms with Crippen LogP contribution in [0.5, 0.6) is 0 Å². The summed E-state index contributed by atoms with van der Waals surface area (Å²) in [6.07, 6.45) is 3.79. The second-order valence-electron chi connectivity index (χ2n) is 7.26. The fraction of sp³-hybridized carbons (Fsp3) is 0.350. The summed E-state index contributed by atoms with van der Waals surface area (Å²) in [5, 5.41) is 4.77. The summed E-state index contributed by atoms with van der Waals surface area (Å²) in [6, 6.07) is 13.4. The molecule has 3 nitrogen and oxygen atoms in total. The van der Waals surface area contributed by atoms with Crippen LogP contribution >= 0.6 is 0 Å². The SMILES string of the molecule is C[C@H](NCc1ccc(-c2ccnc3[nH]ccc23)cc1)C(C)(C)C. The largest absolute Gasteiger partial charge is 0.346 e. The average Bonchev–Trinajstić information content (AvgIpc) is 3.00. The highest BCUT2D eigenvalue weighted by Crippen LogP contribution is 2.27. The van der Waals surface area contributed by atoms with Crippen molar-refractivity contribution in [1.29, 1.82) is 0 Å². The number of H-pyrrole nitrogens is 1. The molecule has 2 heterocycles. The van der Waals surface area contributed by atoms with Crippen molar-refractivity contribution in [3.05, 3.63) is 54.4 Å². The van der Waals surface area contributed by atoms with Gasteiger partial charge in [-0.2, -0.15) is 0 Å². The molecule has 3 heteroatoms. The first kappa shape index (κ1) is 15.8. The Morgan fingerprint density at radius 1 is 1.09 bits per heavy atom. The van der Waals surface area contributed by atoms with E-state index in [9.17, 15) is 0 Å². The number of aromatic amines is 1. The Hall–Kier alpha value is -2.13. The minimum Gasteiger partial charge on any atom is -0.346 e. The number of hydrogen-bond acceptors (Lipinski definition) is 2. The molecule has 2 N–H and O–H groups in total. The van der Waals surface area contributed by atoms with Crippen LogP contribution in [0.2, 0.25) is 0 Å². The quantitative estimate of drug-likeness (QED) is 0.730. The summed E-state index contributed by atoms with van der Waals surface area (Å²) in [5.74, 6) is 0. The Balaban J connectivity index is 1.76. The lowest BCUT2D eigenvalue weighted by atomic mass is 9.88. The Morgan fingerprint density at radius 2 is 1.83 bits per heavy atom. The zero-order valence-electron chi connectivity index (χ0n) is 14.4. The lowest BCUT2D eigenvalue weighted by Gasteiger charge is -2.28. The molecule has 0 amide bonds. The molecule has 0 aliphatic rings. The molecular formula is C20H25N3. The van der Waals surface area contributed by atoms with Crippen LogP contribution in [0.1, 0.15) is 33.3 Å². The van der Waals surface area contributed by atoms with E-state index in [2.05, 4.69) is 79.4 Å². The van der Waals surface area contributed by atoms with Gasteiger partial charge in [-0.25, -0.2) is 4.98 Å². The number of nitrogens with one attached hydrogen (secondary N) is 2. The van der Waals surface area contributed by atoms with Gasteiger partial charge in [0.05, 0.1) is 0 Å². The topological polar surface area (TPSA) is 40.7 Å². The zero-order chi connectivity index (χ0) is 16.4. The molecule has 2 aromatic heterocycles. The highest BCUT2D eigenvalue weighted by Gasteiger charge is 2.18. The van der Waals surface area contributed by atoms with Gasteiger partial charge in [0.1, 0.15) is 5.65 Å².